The van der Waals surface area contributed by atoms with E-state index in [0.29, 0.717) is 24.3 Å². The number of hydrogen-bond acceptors (Lipinski definition) is 3. The van der Waals surface area contributed by atoms with Gasteiger partial charge in [0.15, 0.2) is 5.78 Å². The van der Waals surface area contributed by atoms with Crippen LogP contribution in [0.2, 0.25) is 0 Å². The highest BCUT2D eigenvalue weighted by Crippen LogP contribution is 2.32. The van der Waals surface area contributed by atoms with E-state index in [1.807, 2.05) is 19.9 Å². The predicted molar refractivity (Wildman–Crippen MR) is 68.2 cm³/mol. The number of rotatable bonds is 4. The van der Waals surface area contributed by atoms with Crippen LogP contribution in [-0.4, -0.2) is 19.4 Å². The molecule has 16 heavy (non-hydrogen) atoms. The molecule has 0 aliphatic heterocycles. The van der Waals surface area contributed by atoms with Crippen molar-refractivity contribution in [3.63, 3.8) is 0 Å². The summed E-state index contributed by atoms with van der Waals surface area (Å²) < 4.78 is 6.22. The topological polar surface area (TPSA) is 52.3 Å². The van der Waals surface area contributed by atoms with E-state index in [4.69, 9.17) is 10.5 Å². The average molecular weight is 286 g/mol. The van der Waals surface area contributed by atoms with Crippen LogP contribution in [0.25, 0.3) is 0 Å². The van der Waals surface area contributed by atoms with Crippen LogP contribution in [0.15, 0.2) is 10.5 Å². The third-order valence-corrected chi connectivity index (χ3v) is 3.34. The summed E-state index contributed by atoms with van der Waals surface area (Å²) in [5, 5.41) is 0. The van der Waals surface area contributed by atoms with E-state index in [1.165, 1.54) is 0 Å². The number of ketones is 1. The monoisotopic (exact) mass is 285 g/mol. The summed E-state index contributed by atoms with van der Waals surface area (Å²) in [5.41, 5.74) is 7.90. The molecule has 0 fully saturated rings. The molecule has 1 aromatic carbocycles. The van der Waals surface area contributed by atoms with Crippen molar-refractivity contribution in [3.05, 3.63) is 27.2 Å². The minimum atomic E-state index is 0.0289. The van der Waals surface area contributed by atoms with Crippen LogP contribution in [0.4, 0.5) is 0 Å². The van der Waals surface area contributed by atoms with Crippen molar-refractivity contribution in [1.29, 1.82) is 0 Å². The number of Topliss-reactive ketones (excluding diaryl/α,β-unsaturated/α-hetero) is 1. The van der Waals surface area contributed by atoms with Crippen LogP contribution >= 0.6 is 15.9 Å². The average Bonchev–Trinajstić information content (AvgIpc) is 2.23. The molecule has 1 rings (SSSR count). The van der Waals surface area contributed by atoms with Crippen LogP contribution in [0.1, 0.15) is 27.9 Å². The third kappa shape index (κ3) is 2.44. The van der Waals surface area contributed by atoms with Crippen molar-refractivity contribution >= 4 is 21.7 Å². The Kier molecular flexibility index (Phi) is 4.50. The van der Waals surface area contributed by atoms with Crippen molar-refractivity contribution < 1.29 is 9.53 Å². The summed E-state index contributed by atoms with van der Waals surface area (Å²) in [6.45, 7) is 4.17. The molecule has 0 saturated carbocycles. The van der Waals surface area contributed by atoms with Gasteiger partial charge in [0.2, 0.25) is 0 Å². The molecule has 3 nitrogen and oxygen atoms in total. The molecule has 4 heteroatoms. The number of aryl methyl sites for hydroxylation is 1. The van der Waals surface area contributed by atoms with Crippen LogP contribution in [0.5, 0.6) is 5.75 Å². The molecule has 0 aliphatic carbocycles. The van der Waals surface area contributed by atoms with Crippen molar-refractivity contribution in [1.82, 2.24) is 0 Å². The van der Waals surface area contributed by atoms with E-state index in [9.17, 15) is 4.79 Å². The quantitative estimate of drug-likeness (QED) is 0.866. The molecule has 0 saturated heterocycles. The SMILES string of the molecule is COc1c(C)cc(Br)c(C)c1C(=O)CCN. The van der Waals surface area contributed by atoms with Gasteiger partial charge in [-0.15, -0.1) is 0 Å². The number of ether oxygens (including phenoxy) is 1. The number of hydrogen-bond donors (Lipinski definition) is 1. The van der Waals surface area contributed by atoms with Gasteiger partial charge in [-0.2, -0.15) is 0 Å². The highest BCUT2D eigenvalue weighted by molar-refractivity contribution is 9.10. The van der Waals surface area contributed by atoms with Gasteiger partial charge in [-0.3, -0.25) is 4.79 Å². The van der Waals surface area contributed by atoms with Gasteiger partial charge in [0.05, 0.1) is 12.7 Å². The normalized spacial score (nSPS) is 10.3. The first kappa shape index (κ1) is 13.2. The number of carbonyl (C=O) groups is 1. The predicted octanol–water partition coefficient (Wildman–Crippen LogP) is 2.61. The van der Waals surface area contributed by atoms with E-state index in [1.54, 1.807) is 7.11 Å². The maximum Gasteiger partial charge on any atom is 0.168 e. The molecular weight excluding hydrogens is 270 g/mol. The molecule has 0 amide bonds. The van der Waals surface area contributed by atoms with E-state index in [0.717, 1.165) is 15.6 Å². The van der Waals surface area contributed by atoms with Gasteiger partial charge in [0, 0.05) is 10.9 Å². The lowest BCUT2D eigenvalue weighted by Crippen LogP contribution is -2.12. The highest BCUT2D eigenvalue weighted by Gasteiger charge is 2.18. The van der Waals surface area contributed by atoms with Gasteiger partial charge in [-0.05, 0) is 37.6 Å². The zero-order valence-corrected chi connectivity index (χ0v) is 11.3. The Labute approximate surface area is 104 Å². The molecule has 0 bridgehead atoms. The van der Waals surface area contributed by atoms with Crippen LogP contribution in [0, 0.1) is 13.8 Å². The van der Waals surface area contributed by atoms with Crippen LogP contribution in [-0.2, 0) is 0 Å². The Bertz CT molecular complexity index is 416. The minimum absolute atomic E-state index is 0.0289. The van der Waals surface area contributed by atoms with E-state index >= 15 is 0 Å². The molecule has 0 spiro atoms. The zero-order valence-electron chi connectivity index (χ0n) is 9.76. The molecule has 1 aromatic rings. The Morgan fingerprint density at radius 3 is 2.62 bits per heavy atom. The van der Waals surface area contributed by atoms with Crippen LogP contribution in [0.3, 0.4) is 0 Å². The maximum absolute atomic E-state index is 12.0. The molecular formula is C12H16BrNO2. The van der Waals surface area contributed by atoms with Crippen molar-refractivity contribution in [2.75, 3.05) is 13.7 Å². The van der Waals surface area contributed by atoms with Gasteiger partial charge in [-0.25, -0.2) is 0 Å². The van der Waals surface area contributed by atoms with E-state index < -0.39 is 0 Å². The molecule has 0 unspecified atom stereocenters. The highest BCUT2D eigenvalue weighted by atomic mass is 79.9. The van der Waals surface area contributed by atoms with Gasteiger partial charge in [-0.1, -0.05) is 15.9 Å². The van der Waals surface area contributed by atoms with Crippen molar-refractivity contribution in [2.24, 2.45) is 5.73 Å². The van der Waals surface area contributed by atoms with Gasteiger partial charge in [0.25, 0.3) is 0 Å². The second kappa shape index (κ2) is 5.46. The van der Waals surface area contributed by atoms with Crippen molar-refractivity contribution in [3.8, 4) is 5.75 Å². The second-order valence-electron chi connectivity index (χ2n) is 3.67. The van der Waals surface area contributed by atoms with E-state index in [2.05, 4.69) is 15.9 Å². The smallest absolute Gasteiger partial charge is 0.168 e. The minimum Gasteiger partial charge on any atom is -0.496 e. The van der Waals surface area contributed by atoms with Crippen molar-refractivity contribution in [2.45, 2.75) is 20.3 Å². The van der Waals surface area contributed by atoms with E-state index in [-0.39, 0.29) is 5.78 Å². The summed E-state index contributed by atoms with van der Waals surface area (Å²) in [5.74, 6) is 0.681. The van der Waals surface area contributed by atoms with Crippen LogP contribution < -0.4 is 10.5 Å². The fraction of sp³-hybridized carbons (Fsp3) is 0.417. The number of halogens is 1. The molecule has 0 radical (unpaired) electrons. The number of methoxy groups -OCH3 is 1. The molecule has 2 N–H and O–H groups in total. The Morgan fingerprint density at radius 1 is 1.50 bits per heavy atom. The fourth-order valence-corrected chi connectivity index (χ4v) is 2.25. The summed E-state index contributed by atoms with van der Waals surface area (Å²) in [7, 11) is 1.58. The lowest BCUT2D eigenvalue weighted by atomic mass is 9.98. The molecule has 0 aliphatic rings. The number of carbonyl (C=O) groups excluding carboxylic acids is 1. The third-order valence-electron chi connectivity index (χ3n) is 2.52. The first-order valence-corrected chi connectivity index (χ1v) is 5.89. The summed E-state index contributed by atoms with van der Waals surface area (Å²) in [4.78, 5) is 12.0. The summed E-state index contributed by atoms with van der Waals surface area (Å²) in [6.07, 6.45) is 0.340. The first-order chi connectivity index (χ1) is 7.52. The van der Waals surface area contributed by atoms with Gasteiger partial charge >= 0.3 is 0 Å². The fourth-order valence-electron chi connectivity index (χ4n) is 1.71. The molecule has 0 atom stereocenters. The zero-order chi connectivity index (χ0) is 12.3. The number of nitrogens with two attached hydrogens (primary N) is 1. The molecule has 0 heterocycles. The number of benzene rings is 1. The largest absolute Gasteiger partial charge is 0.496 e. The Morgan fingerprint density at radius 2 is 2.12 bits per heavy atom. The Balaban J connectivity index is 3.38. The van der Waals surface area contributed by atoms with Gasteiger partial charge in [0.1, 0.15) is 5.75 Å². The molecule has 0 aromatic heterocycles. The Hall–Kier alpha value is -0.870. The standard InChI is InChI=1S/C12H16BrNO2/c1-7-6-9(13)8(2)11(12(7)16-3)10(15)4-5-14/h6H,4-5,14H2,1-3H3. The second-order valence-corrected chi connectivity index (χ2v) is 4.52. The summed E-state index contributed by atoms with van der Waals surface area (Å²) >= 11 is 3.44. The first-order valence-electron chi connectivity index (χ1n) is 5.09. The maximum atomic E-state index is 12.0. The lowest BCUT2D eigenvalue weighted by molar-refractivity contribution is 0.0981. The lowest BCUT2D eigenvalue weighted by Gasteiger charge is -2.14. The van der Waals surface area contributed by atoms with Gasteiger partial charge < -0.3 is 10.5 Å². The summed E-state index contributed by atoms with van der Waals surface area (Å²) in [6, 6.07) is 1.95. The molecule has 88 valence electrons.